The summed E-state index contributed by atoms with van der Waals surface area (Å²) in [5.74, 6) is 0. The van der Waals surface area contributed by atoms with Gasteiger partial charge in [-0.25, -0.2) is 4.98 Å². The van der Waals surface area contributed by atoms with E-state index in [-0.39, 0.29) is 106 Å². The molecule has 1 nitrogen and oxygen atoms in total. The molecule has 0 atom stereocenters. The van der Waals surface area contributed by atoms with Crippen LogP contribution in [0.25, 0.3) is 21.8 Å². The van der Waals surface area contributed by atoms with Crippen LogP contribution in [0.4, 0.5) is 0 Å². The van der Waals surface area contributed by atoms with Crippen LogP contribution in [0.15, 0.2) is 54.6 Å². The third-order valence-electron chi connectivity index (χ3n) is 2.43. The standard InChI is InChI=1S/C13H9N.2K.2H/c1-3-7-12-10(5-1)9-11-6-2-4-8-13(11)14-12;;;;/h1-9H;;;;/q;2*+1;2*-1. The topological polar surface area (TPSA) is 12.9 Å². The minimum Gasteiger partial charge on any atom is -1.00 e. The Morgan fingerprint density at radius 1 is 0.688 bits per heavy atom. The predicted molar refractivity (Wildman–Crippen MR) is 61.5 cm³/mol. The fourth-order valence-electron chi connectivity index (χ4n) is 1.72. The van der Waals surface area contributed by atoms with Crippen LogP contribution in [0.1, 0.15) is 2.85 Å². The van der Waals surface area contributed by atoms with E-state index in [4.69, 9.17) is 0 Å². The van der Waals surface area contributed by atoms with Gasteiger partial charge in [0, 0.05) is 10.8 Å². The number of hydrogen-bond acceptors (Lipinski definition) is 1. The predicted octanol–water partition coefficient (Wildman–Crippen LogP) is -2.38. The van der Waals surface area contributed by atoms with Crippen LogP contribution >= 0.6 is 0 Å². The van der Waals surface area contributed by atoms with Crippen LogP contribution in [0.3, 0.4) is 0 Å². The van der Waals surface area contributed by atoms with E-state index in [9.17, 15) is 0 Å². The quantitative estimate of drug-likeness (QED) is 0.325. The van der Waals surface area contributed by atoms with E-state index in [0.717, 1.165) is 11.0 Å². The first-order valence-electron chi connectivity index (χ1n) is 4.68. The van der Waals surface area contributed by atoms with Gasteiger partial charge in [0.2, 0.25) is 0 Å². The molecule has 1 aromatic heterocycles. The van der Waals surface area contributed by atoms with E-state index < -0.39 is 0 Å². The number of para-hydroxylation sites is 2. The number of nitrogens with zero attached hydrogens (tertiary/aromatic N) is 1. The summed E-state index contributed by atoms with van der Waals surface area (Å²) in [5.41, 5.74) is 2.12. The van der Waals surface area contributed by atoms with Crippen molar-refractivity contribution in [2.45, 2.75) is 0 Å². The Bertz CT molecular complexity index is 512. The molecule has 0 spiro atoms. The second kappa shape index (κ2) is 7.09. The zero-order valence-electron chi connectivity index (χ0n) is 11.6. The van der Waals surface area contributed by atoms with Crippen LogP contribution < -0.4 is 103 Å². The van der Waals surface area contributed by atoms with Crippen molar-refractivity contribution in [3.63, 3.8) is 0 Å². The maximum absolute atomic E-state index is 4.58. The molecule has 0 aliphatic carbocycles. The molecule has 0 saturated heterocycles. The van der Waals surface area contributed by atoms with Crippen molar-refractivity contribution in [3.8, 4) is 0 Å². The zero-order chi connectivity index (χ0) is 9.38. The van der Waals surface area contributed by atoms with Crippen molar-refractivity contribution in [1.82, 2.24) is 4.98 Å². The Morgan fingerprint density at radius 2 is 1.12 bits per heavy atom. The monoisotopic (exact) mass is 259 g/mol. The Morgan fingerprint density at radius 3 is 1.62 bits per heavy atom. The Balaban J connectivity index is 0. The first-order valence-corrected chi connectivity index (χ1v) is 4.68. The summed E-state index contributed by atoms with van der Waals surface area (Å²) >= 11 is 0. The first-order chi connectivity index (χ1) is 6.93. The number of fused-ring (bicyclic) bond motifs is 2. The molecule has 0 aliphatic heterocycles. The number of aromatic nitrogens is 1. The van der Waals surface area contributed by atoms with Crippen molar-refractivity contribution in [3.05, 3.63) is 54.6 Å². The van der Waals surface area contributed by atoms with Crippen LogP contribution in [0, 0.1) is 0 Å². The van der Waals surface area contributed by atoms with Crippen LogP contribution in [-0.2, 0) is 0 Å². The third kappa shape index (κ3) is 3.23. The maximum Gasteiger partial charge on any atom is 1.00 e. The summed E-state index contributed by atoms with van der Waals surface area (Å²) in [6, 6.07) is 18.6. The van der Waals surface area contributed by atoms with Gasteiger partial charge in [0.15, 0.2) is 0 Å². The molecular weight excluding hydrogens is 248 g/mol. The average molecular weight is 259 g/mol. The minimum atomic E-state index is 0. The average Bonchev–Trinajstić information content (AvgIpc) is 2.26. The van der Waals surface area contributed by atoms with Gasteiger partial charge in [-0.15, -0.1) is 0 Å². The SMILES string of the molecule is [H-].[H-].[K+].[K+].c1ccc2nc3ccccc3cc2c1. The van der Waals surface area contributed by atoms with E-state index in [1.54, 1.807) is 0 Å². The fraction of sp³-hybridized carbons (Fsp3) is 0. The number of hydrogen-bond donors (Lipinski definition) is 0. The van der Waals surface area contributed by atoms with E-state index >= 15 is 0 Å². The van der Waals surface area contributed by atoms with E-state index in [2.05, 4.69) is 23.2 Å². The first kappa shape index (κ1) is 15.4. The summed E-state index contributed by atoms with van der Waals surface area (Å²) < 4.78 is 0. The Hall–Kier alpha value is 1.38. The van der Waals surface area contributed by atoms with Gasteiger partial charge >= 0.3 is 103 Å². The number of rotatable bonds is 0. The van der Waals surface area contributed by atoms with Gasteiger partial charge in [0.05, 0.1) is 11.0 Å². The summed E-state index contributed by atoms with van der Waals surface area (Å²) in [4.78, 5) is 4.58. The second-order valence-corrected chi connectivity index (χ2v) is 3.37. The summed E-state index contributed by atoms with van der Waals surface area (Å²) in [5, 5.41) is 2.40. The molecule has 3 aromatic rings. The van der Waals surface area contributed by atoms with E-state index in [1.165, 1.54) is 10.8 Å². The molecule has 3 rings (SSSR count). The molecule has 0 radical (unpaired) electrons. The molecule has 1 heterocycles. The molecule has 0 fully saturated rings. The van der Waals surface area contributed by atoms with Gasteiger partial charge in [-0.2, -0.15) is 0 Å². The normalized spacial score (nSPS) is 9.50. The molecule has 3 heteroatoms. The van der Waals surface area contributed by atoms with Gasteiger partial charge in [0.1, 0.15) is 0 Å². The third-order valence-corrected chi connectivity index (χ3v) is 2.43. The van der Waals surface area contributed by atoms with Crippen molar-refractivity contribution in [2.24, 2.45) is 0 Å². The molecular formula is C13H11K2N. The van der Waals surface area contributed by atoms with Gasteiger partial charge in [-0.05, 0) is 18.2 Å². The molecule has 0 aliphatic rings. The molecule has 0 saturated carbocycles. The van der Waals surface area contributed by atoms with Crippen LogP contribution in [-0.4, -0.2) is 4.98 Å². The molecule has 0 unspecified atom stereocenters. The van der Waals surface area contributed by atoms with E-state index in [0.29, 0.717) is 0 Å². The molecule has 0 bridgehead atoms. The van der Waals surface area contributed by atoms with Crippen LogP contribution in [0.2, 0.25) is 0 Å². The van der Waals surface area contributed by atoms with Crippen molar-refractivity contribution >= 4 is 21.8 Å². The zero-order valence-corrected chi connectivity index (χ0v) is 15.9. The molecule has 16 heavy (non-hydrogen) atoms. The molecule has 70 valence electrons. The fourth-order valence-corrected chi connectivity index (χ4v) is 1.72. The van der Waals surface area contributed by atoms with Gasteiger partial charge in [-0.3, -0.25) is 0 Å². The minimum absolute atomic E-state index is 0. The molecule has 0 N–H and O–H groups in total. The smallest absolute Gasteiger partial charge is 1.00 e. The maximum atomic E-state index is 4.58. The van der Waals surface area contributed by atoms with Gasteiger partial charge in [-0.1, -0.05) is 36.4 Å². The van der Waals surface area contributed by atoms with Gasteiger partial charge < -0.3 is 2.85 Å². The Labute approximate surface area is 183 Å². The molecule has 0 amide bonds. The number of pyridine rings is 1. The molecule has 2 aromatic carbocycles. The van der Waals surface area contributed by atoms with Crippen molar-refractivity contribution in [1.29, 1.82) is 0 Å². The largest absolute Gasteiger partial charge is 1.00 e. The van der Waals surface area contributed by atoms with E-state index in [1.807, 2.05) is 36.4 Å². The summed E-state index contributed by atoms with van der Waals surface area (Å²) in [6.45, 7) is 0. The summed E-state index contributed by atoms with van der Waals surface area (Å²) in [6.07, 6.45) is 0. The second-order valence-electron chi connectivity index (χ2n) is 3.37. The Kier molecular flexibility index (Phi) is 6.84. The number of benzene rings is 2. The van der Waals surface area contributed by atoms with Gasteiger partial charge in [0.25, 0.3) is 0 Å². The van der Waals surface area contributed by atoms with Crippen molar-refractivity contribution < 1.29 is 106 Å². The van der Waals surface area contributed by atoms with Crippen LogP contribution in [0.5, 0.6) is 0 Å². The summed E-state index contributed by atoms with van der Waals surface area (Å²) in [7, 11) is 0. The van der Waals surface area contributed by atoms with Crippen molar-refractivity contribution in [2.75, 3.05) is 0 Å².